The minimum atomic E-state index is -0.144. The van der Waals surface area contributed by atoms with Crippen molar-refractivity contribution in [1.29, 1.82) is 0 Å². The number of likely N-dealkylation sites (tertiary alicyclic amines) is 1. The zero-order valence-corrected chi connectivity index (χ0v) is 22.0. The maximum Gasteiger partial charge on any atom is 0.226 e. The van der Waals surface area contributed by atoms with Gasteiger partial charge in [-0.3, -0.25) is 14.6 Å². The number of hydrogen-bond acceptors (Lipinski definition) is 6. The number of carbonyl (C=O) groups is 2. The van der Waals surface area contributed by atoms with E-state index in [-0.39, 0.29) is 11.8 Å². The summed E-state index contributed by atoms with van der Waals surface area (Å²) in [6.45, 7) is 7.07. The van der Waals surface area contributed by atoms with Crippen LogP contribution < -0.4 is 5.32 Å². The molecule has 0 atom stereocenters. The van der Waals surface area contributed by atoms with Gasteiger partial charge in [0.25, 0.3) is 0 Å². The molecule has 1 aromatic carbocycles. The van der Waals surface area contributed by atoms with E-state index < -0.39 is 0 Å². The number of thiazole rings is 1. The van der Waals surface area contributed by atoms with Crippen LogP contribution in [0.5, 0.6) is 0 Å². The van der Waals surface area contributed by atoms with Crippen LogP contribution in [0.3, 0.4) is 0 Å². The third kappa shape index (κ3) is 5.04. The van der Waals surface area contributed by atoms with Crippen LogP contribution in [0.15, 0.2) is 48.0 Å². The van der Waals surface area contributed by atoms with Crippen LogP contribution >= 0.6 is 11.3 Å². The van der Waals surface area contributed by atoms with E-state index in [9.17, 15) is 9.59 Å². The molecule has 0 unspecified atom stereocenters. The molecule has 5 rings (SSSR count). The number of carbonyl (C=O) groups excluding carboxylic acids is 2. The number of aromatic nitrogens is 3. The maximum absolute atomic E-state index is 12.6. The van der Waals surface area contributed by atoms with E-state index in [4.69, 9.17) is 5.10 Å². The maximum atomic E-state index is 12.6. The molecule has 1 aliphatic heterocycles. The molecule has 9 heteroatoms. The summed E-state index contributed by atoms with van der Waals surface area (Å²) >= 11 is 1.47. The Morgan fingerprint density at radius 1 is 1.19 bits per heavy atom. The Labute approximate surface area is 220 Å². The van der Waals surface area contributed by atoms with Gasteiger partial charge >= 0.3 is 0 Å². The van der Waals surface area contributed by atoms with Crippen LogP contribution in [0, 0.1) is 0 Å². The zero-order valence-electron chi connectivity index (χ0n) is 21.2. The third-order valence-electron chi connectivity index (χ3n) is 6.62. The van der Waals surface area contributed by atoms with Crippen molar-refractivity contribution in [2.75, 3.05) is 25.5 Å². The lowest BCUT2D eigenvalue weighted by molar-refractivity contribution is -0.129. The van der Waals surface area contributed by atoms with Crippen LogP contribution in [0.25, 0.3) is 21.8 Å². The molecule has 1 aliphatic carbocycles. The smallest absolute Gasteiger partial charge is 0.226 e. The summed E-state index contributed by atoms with van der Waals surface area (Å²) in [5.41, 5.74) is 6.68. The largest absolute Gasteiger partial charge is 0.342 e. The number of aryl methyl sites for hydroxylation is 1. The van der Waals surface area contributed by atoms with Crippen molar-refractivity contribution in [2.24, 2.45) is 4.99 Å². The highest BCUT2D eigenvalue weighted by atomic mass is 32.1. The molecule has 2 amide bonds. The number of benzene rings is 1. The Morgan fingerprint density at radius 2 is 1.95 bits per heavy atom. The lowest BCUT2D eigenvalue weighted by Crippen LogP contribution is -2.29. The number of aliphatic imine (C=N–C) groups is 1. The van der Waals surface area contributed by atoms with Crippen molar-refractivity contribution in [3.05, 3.63) is 65.5 Å². The minimum Gasteiger partial charge on any atom is -0.342 e. The summed E-state index contributed by atoms with van der Waals surface area (Å²) in [6.07, 6.45) is 9.57. The van der Waals surface area contributed by atoms with Crippen molar-refractivity contribution >= 4 is 40.1 Å². The van der Waals surface area contributed by atoms with Crippen molar-refractivity contribution in [3.8, 4) is 16.3 Å². The first kappa shape index (κ1) is 24.8. The molecule has 0 spiro atoms. The summed E-state index contributed by atoms with van der Waals surface area (Å²) in [5.74, 6) is 0.0387. The first-order chi connectivity index (χ1) is 18.0. The predicted octanol–water partition coefficient (Wildman–Crippen LogP) is 4.49. The van der Waals surface area contributed by atoms with Gasteiger partial charge in [0.2, 0.25) is 11.8 Å². The summed E-state index contributed by atoms with van der Waals surface area (Å²) in [6, 6.07) is 8.03. The van der Waals surface area contributed by atoms with Gasteiger partial charge in [0, 0.05) is 44.4 Å². The van der Waals surface area contributed by atoms with Gasteiger partial charge in [-0.25, -0.2) is 9.67 Å². The van der Waals surface area contributed by atoms with Crippen LogP contribution in [0.2, 0.25) is 0 Å². The van der Waals surface area contributed by atoms with Gasteiger partial charge in [-0.2, -0.15) is 5.10 Å². The van der Waals surface area contributed by atoms with E-state index in [1.54, 1.807) is 19.3 Å². The predicted molar refractivity (Wildman–Crippen MR) is 148 cm³/mol. The van der Waals surface area contributed by atoms with Gasteiger partial charge in [-0.15, -0.1) is 0 Å². The molecule has 2 aliphatic rings. The molecule has 3 aromatic rings. The lowest BCUT2D eigenvalue weighted by Gasteiger charge is -2.16. The second-order valence-corrected chi connectivity index (χ2v) is 10.2. The second kappa shape index (κ2) is 10.6. The Kier molecular flexibility index (Phi) is 7.14. The highest BCUT2D eigenvalue weighted by molar-refractivity contribution is 7.19. The SMILES string of the molecule is C=C/C=C(\C=NC)c1nn(-c2ccc(CC(=O)N3CCCC3)cc2)c2c1CCc1nc(NC(C)=O)sc1-2. The molecule has 2 aromatic heterocycles. The molecule has 1 N–H and O–H groups in total. The topological polar surface area (TPSA) is 92.5 Å². The van der Waals surface area contributed by atoms with E-state index in [0.717, 1.165) is 83.1 Å². The number of nitrogens with zero attached hydrogens (tertiary/aromatic N) is 5. The Hall–Kier alpha value is -3.85. The van der Waals surface area contributed by atoms with Gasteiger partial charge in [-0.05, 0) is 43.4 Å². The van der Waals surface area contributed by atoms with E-state index in [1.807, 2.05) is 39.9 Å². The summed E-state index contributed by atoms with van der Waals surface area (Å²) in [7, 11) is 1.74. The molecular weight excluding hydrogens is 484 g/mol. The fraction of sp³-hybridized carbons (Fsp3) is 0.321. The molecule has 1 saturated heterocycles. The molecule has 0 bridgehead atoms. The highest BCUT2D eigenvalue weighted by Gasteiger charge is 2.30. The van der Waals surface area contributed by atoms with Gasteiger partial charge in [0.05, 0.1) is 34.1 Å². The average molecular weight is 515 g/mol. The van der Waals surface area contributed by atoms with Crippen molar-refractivity contribution in [2.45, 2.75) is 39.0 Å². The van der Waals surface area contributed by atoms with Crippen LogP contribution in [0.1, 0.15) is 42.3 Å². The van der Waals surface area contributed by atoms with Crippen molar-refractivity contribution in [3.63, 3.8) is 0 Å². The quantitative estimate of drug-likeness (QED) is 0.372. The molecule has 37 heavy (non-hydrogen) atoms. The van der Waals surface area contributed by atoms with Crippen LogP contribution in [0.4, 0.5) is 5.13 Å². The number of rotatable bonds is 7. The Morgan fingerprint density at radius 3 is 2.62 bits per heavy atom. The van der Waals surface area contributed by atoms with Gasteiger partial charge in [0.15, 0.2) is 5.13 Å². The number of allylic oxidation sites excluding steroid dienone is 3. The summed E-state index contributed by atoms with van der Waals surface area (Å²) in [4.78, 5) is 36.2. The Balaban J connectivity index is 1.56. The zero-order chi connectivity index (χ0) is 25.9. The molecule has 1 fully saturated rings. The average Bonchev–Trinajstić information content (AvgIpc) is 3.62. The number of hydrogen-bond donors (Lipinski definition) is 1. The highest BCUT2D eigenvalue weighted by Crippen LogP contribution is 2.43. The molecular formula is C28H30N6O2S. The van der Waals surface area contributed by atoms with Gasteiger partial charge in [0.1, 0.15) is 0 Å². The number of fused-ring (bicyclic) bond motifs is 3. The number of nitrogens with one attached hydrogen (secondary N) is 1. The molecule has 8 nitrogen and oxygen atoms in total. The first-order valence-electron chi connectivity index (χ1n) is 12.5. The normalized spacial score (nSPS) is 15.1. The fourth-order valence-electron chi connectivity index (χ4n) is 4.95. The van der Waals surface area contributed by atoms with E-state index in [0.29, 0.717) is 11.6 Å². The molecule has 0 radical (unpaired) electrons. The molecule has 3 heterocycles. The molecule has 190 valence electrons. The van der Waals surface area contributed by atoms with E-state index >= 15 is 0 Å². The minimum absolute atomic E-state index is 0.144. The second-order valence-electron chi connectivity index (χ2n) is 9.24. The van der Waals surface area contributed by atoms with Crippen molar-refractivity contribution < 1.29 is 9.59 Å². The van der Waals surface area contributed by atoms with Crippen molar-refractivity contribution in [1.82, 2.24) is 19.7 Å². The first-order valence-corrected chi connectivity index (χ1v) is 13.3. The summed E-state index contributed by atoms with van der Waals surface area (Å²) < 4.78 is 1.95. The lowest BCUT2D eigenvalue weighted by atomic mass is 9.95. The standard InChI is InChI=1S/C28H30N6O2S/c1-4-7-20(17-29-3)25-22-12-13-23-27(37-28(31-23)30-18(2)35)26(22)34(32-25)21-10-8-19(9-11-21)16-24(36)33-14-5-6-15-33/h4,7-11,17H,1,5-6,12-16H2,2-3H3,(H,30,31,35)/b20-7+,29-17?. The number of amides is 2. The van der Waals surface area contributed by atoms with Gasteiger partial charge < -0.3 is 10.2 Å². The fourth-order valence-corrected chi connectivity index (χ4v) is 6.07. The Bertz CT molecular complexity index is 1410. The monoisotopic (exact) mass is 514 g/mol. The third-order valence-corrected chi connectivity index (χ3v) is 7.64. The molecule has 0 saturated carbocycles. The van der Waals surface area contributed by atoms with Gasteiger partial charge in [-0.1, -0.05) is 42.2 Å². The van der Waals surface area contributed by atoms with E-state index in [1.165, 1.54) is 18.3 Å². The van der Waals surface area contributed by atoms with E-state index in [2.05, 4.69) is 21.9 Å². The number of anilines is 1. The van der Waals surface area contributed by atoms with Crippen LogP contribution in [-0.2, 0) is 28.9 Å². The summed E-state index contributed by atoms with van der Waals surface area (Å²) in [5, 5.41) is 8.47. The van der Waals surface area contributed by atoms with Crippen LogP contribution in [-0.4, -0.2) is 57.8 Å².